The first-order valence-electron chi connectivity index (χ1n) is 5.51. The van der Waals surface area contributed by atoms with Crippen molar-refractivity contribution in [1.29, 1.82) is 0 Å². The zero-order valence-corrected chi connectivity index (χ0v) is 13.6. The van der Waals surface area contributed by atoms with Crippen LogP contribution in [0.2, 0.25) is 0 Å². The van der Waals surface area contributed by atoms with Crippen molar-refractivity contribution < 1.29 is 17.9 Å². The second-order valence-electron chi connectivity index (χ2n) is 4.07. The Morgan fingerprint density at radius 3 is 2.70 bits per heavy atom. The lowest BCUT2D eigenvalue weighted by Gasteiger charge is -2.10. The van der Waals surface area contributed by atoms with E-state index in [0.717, 1.165) is 11.3 Å². The molecule has 0 amide bonds. The summed E-state index contributed by atoms with van der Waals surface area (Å²) in [6.45, 7) is 1.41. The second kappa shape index (κ2) is 5.80. The zero-order chi connectivity index (χ0) is 14.9. The summed E-state index contributed by atoms with van der Waals surface area (Å²) in [4.78, 5) is 0.558. The number of aryl methyl sites for hydroxylation is 1. The van der Waals surface area contributed by atoms with E-state index >= 15 is 0 Å². The summed E-state index contributed by atoms with van der Waals surface area (Å²) in [6.07, 6.45) is 0. The number of thiophene rings is 1. The van der Waals surface area contributed by atoms with Crippen molar-refractivity contribution in [2.24, 2.45) is 0 Å². The largest absolute Gasteiger partial charge is 0.391 e. The molecule has 0 radical (unpaired) electrons. The van der Waals surface area contributed by atoms with E-state index in [4.69, 9.17) is 5.11 Å². The highest BCUT2D eigenvalue weighted by Gasteiger charge is 2.18. The SMILES string of the molecule is Cc1cc(F)c(Br)cc1NS(=O)(=O)c1ccc(CO)s1. The van der Waals surface area contributed by atoms with Crippen LogP contribution in [0, 0.1) is 12.7 Å². The Kier molecular flexibility index (Phi) is 4.48. The number of halogens is 2. The summed E-state index contributed by atoms with van der Waals surface area (Å²) in [7, 11) is -3.74. The van der Waals surface area contributed by atoms with Crippen LogP contribution in [0.1, 0.15) is 10.4 Å². The van der Waals surface area contributed by atoms with Gasteiger partial charge in [-0.25, -0.2) is 12.8 Å². The average Bonchev–Trinajstić information content (AvgIpc) is 2.85. The molecule has 0 atom stereocenters. The first kappa shape index (κ1) is 15.4. The molecule has 2 aromatic rings. The molecule has 2 N–H and O–H groups in total. The molecule has 0 bridgehead atoms. The van der Waals surface area contributed by atoms with Crippen LogP contribution in [-0.4, -0.2) is 13.5 Å². The Morgan fingerprint density at radius 1 is 1.40 bits per heavy atom. The van der Waals surface area contributed by atoms with Gasteiger partial charge in [-0.05, 0) is 52.7 Å². The van der Waals surface area contributed by atoms with Gasteiger partial charge in [0.1, 0.15) is 10.0 Å². The van der Waals surface area contributed by atoms with E-state index in [0.29, 0.717) is 16.1 Å². The third-order valence-corrected chi connectivity index (χ3v) is 6.10. The van der Waals surface area contributed by atoms with Gasteiger partial charge in [-0.2, -0.15) is 0 Å². The smallest absolute Gasteiger partial charge is 0.271 e. The summed E-state index contributed by atoms with van der Waals surface area (Å²) in [5.41, 5.74) is 0.783. The van der Waals surface area contributed by atoms with Gasteiger partial charge in [0, 0.05) is 4.88 Å². The molecule has 0 aliphatic carbocycles. The van der Waals surface area contributed by atoms with Gasteiger partial charge in [0.25, 0.3) is 10.0 Å². The van der Waals surface area contributed by atoms with Gasteiger partial charge in [-0.1, -0.05) is 0 Å². The van der Waals surface area contributed by atoms with Gasteiger partial charge in [-0.15, -0.1) is 11.3 Å². The molecular formula is C12H11BrFNO3S2. The van der Waals surface area contributed by atoms with Crippen LogP contribution in [0.25, 0.3) is 0 Å². The topological polar surface area (TPSA) is 66.4 Å². The van der Waals surface area contributed by atoms with Gasteiger partial charge in [0.15, 0.2) is 0 Å². The molecule has 0 fully saturated rings. The number of hydrogen-bond donors (Lipinski definition) is 2. The molecule has 1 heterocycles. The normalized spacial score (nSPS) is 11.6. The molecule has 0 aliphatic rings. The maximum atomic E-state index is 13.3. The minimum atomic E-state index is -3.74. The van der Waals surface area contributed by atoms with E-state index in [1.165, 1.54) is 18.2 Å². The Hall–Kier alpha value is -0.960. The molecule has 1 aromatic carbocycles. The number of benzene rings is 1. The van der Waals surface area contributed by atoms with E-state index < -0.39 is 15.8 Å². The molecule has 0 saturated carbocycles. The summed E-state index contributed by atoms with van der Waals surface area (Å²) >= 11 is 4.01. The number of nitrogens with one attached hydrogen (secondary N) is 1. The lowest BCUT2D eigenvalue weighted by molar-refractivity contribution is 0.285. The molecule has 1 aromatic heterocycles. The van der Waals surface area contributed by atoms with Crippen molar-refractivity contribution in [2.45, 2.75) is 17.7 Å². The summed E-state index contributed by atoms with van der Waals surface area (Å²) in [6, 6.07) is 5.59. The highest BCUT2D eigenvalue weighted by atomic mass is 79.9. The van der Waals surface area contributed by atoms with Crippen LogP contribution in [0.5, 0.6) is 0 Å². The van der Waals surface area contributed by atoms with Gasteiger partial charge >= 0.3 is 0 Å². The monoisotopic (exact) mass is 379 g/mol. The standard InChI is InChI=1S/C12H11BrFNO3S2/c1-7-4-10(14)9(13)5-11(7)15-20(17,18)12-3-2-8(6-16)19-12/h2-5,15-16H,6H2,1H3. The number of anilines is 1. The number of hydrogen-bond acceptors (Lipinski definition) is 4. The second-order valence-corrected chi connectivity index (χ2v) is 8.00. The van der Waals surface area contributed by atoms with Crippen LogP contribution in [0.4, 0.5) is 10.1 Å². The van der Waals surface area contributed by atoms with E-state index in [1.807, 2.05) is 0 Å². The van der Waals surface area contributed by atoms with Crippen molar-refractivity contribution in [3.05, 3.63) is 45.0 Å². The quantitative estimate of drug-likeness (QED) is 0.856. The summed E-state index contributed by atoms with van der Waals surface area (Å²) in [5, 5.41) is 8.96. The zero-order valence-electron chi connectivity index (χ0n) is 10.4. The van der Waals surface area contributed by atoms with Crippen molar-refractivity contribution in [3.63, 3.8) is 0 Å². The lowest BCUT2D eigenvalue weighted by atomic mass is 10.2. The molecule has 0 aliphatic heterocycles. The predicted octanol–water partition coefficient (Wildman–Crippen LogP) is 3.25. The summed E-state index contributed by atoms with van der Waals surface area (Å²) in [5.74, 6) is -0.455. The Labute approximate surface area is 128 Å². The van der Waals surface area contributed by atoms with Crippen molar-refractivity contribution >= 4 is 43.0 Å². The van der Waals surface area contributed by atoms with E-state index in [2.05, 4.69) is 20.7 Å². The highest BCUT2D eigenvalue weighted by Crippen LogP contribution is 2.28. The molecule has 8 heteroatoms. The van der Waals surface area contributed by atoms with Crippen LogP contribution in [-0.2, 0) is 16.6 Å². The van der Waals surface area contributed by atoms with Crippen molar-refractivity contribution in [2.75, 3.05) is 4.72 Å². The molecule has 2 rings (SSSR count). The van der Waals surface area contributed by atoms with Crippen LogP contribution >= 0.6 is 27.3 Å². The first-order chi connectivity index (χ1) is 9.33. The van der Waals surface area contributed by atoms with Gasteiger partial charge < -0.3 is 5.11 Å². The van der Waals surface area contributed by atoms with Gasteiger partial charge in [0.2, 0.25) is 0 Å². The van der Waals surface area contributed by atoms with Crippen LogP contribution < -0.4 is 4.72 Å². The van der Waals surface area contributed by atoms with Gasteiger partial charge in [0.05, 0.1) is 16.8 Å². The fourth-order valence-electron chi connectivity index (χ4n) is 1.54. The predicted molar refractivity (Wildman–Crippen MR) is 79.9 cm³/mol. The van der Waals surface area contributed by atoms with Crippen molar-refractivity contribution in [1.82, 2.24) is 0 Å². The third-order valence-electron chi connectivity index (χ3n) is 2.57. The number of rotatable bonds is 4. The fourth-order valence-corrected chi connectivity index (χ4v) is 4.22. The molecule has 108 valence electrons. The van der Waals surface area contributed by atoms with Crippen LogP contribution in [0.15, 0.2) is 32.9 Å². The molecule has 0 unspecified atom stereocenters. The number of aliphatic hydroxyl groups is 1. The van der Waals surface area contributed by atoms with E-state index in [9.17, 15) is 12.8 Å². The van der Waals surface area contributed by atoms with E-state index in [-0.39, 0.29) is 15.3 Å². The van der Waals surface area contributed by atoms with Gasteiger partial charge in [-0.3, -0.25) is 4.72 Å². The highest BCUT2D eigenvalue weighted by molar-refractivity contribution is 9.10. The molecule has 0 spiro atoms. The molecule has 0 saturated heterocycles. The Balaban J connectivity index is 2.35. The molecule has 20 heavy (non-hydrogen) atoms. The molecule has 4 nitrogen and oxygen atoms in total. The van der Waals surface area contributed by atoms with Crippen molar-refractivity contribution in [3.8, 4) is 0 Å². The lowest BCUT2D eigenvalue weighted by Crippen LogP contribution is -2.12. The maximum absolute atomic E-state index is 13.3. The first-order valence-corrected chi connectivity index (χ1v) is 8.61. The minimum absolute atomic E-state index is 0.0985. The third kappa shape index (κ3) is 3.20. The molecular weight excluding hydrogens is 369 g/mol. The average molecular weight is 380 g/mol. The number of aliphatic hydroxyl groups excluding tert-OH is 1. The van der Waals surface area contributed by atoms with E-state index in [1.54, 1.807) is 13.0 Å². The maximum Gasteiger partial charge on any atom is 0.271 e. The summed E-state index contributed by atoms with van der Waals surface area (Å²) < 4.78 is 40.4. The fraction of sp³-hybridized carbons (Fsp3) is 0.167. The minimum Gasteiger partial charge on any atom is -0.391 e. The number of sulfonamides is 1. The Bertz CT molecular complexity index is 743. The van der Waals surface area contributed by atoms with Crippen LogP contribution in [0.3, 0.4) is 0 Å². The Morgan fingerprint density at radius 2 is 2.10 bits per heavy atom.